The number of methoxy groups -OCH3 is 1. The molecule has 8 heteroatoms. The molecule has 4 aromatic rings. The van der Waals surface area contributed by atoms with Gasteiger partial charge >= 0.3 is 0 Å². The zero-order valence-electron chi connectivity index (χ0n) is 19.5. The predicted molar refractivity (Wildman–Crippen MR) is 138 cm³/mol. The molecule has 1 fully saturated rings. The highest BCUT2D eigenvalue weighted by Crippen LogP contribution is 2.42. The highest BCUT2D eigenvalue weighted by Gasteiger charge is 2.34. The maximum atomic E-state index is 6.59. The van der Waals surface area contributed by atoms with E-state index < -0.39 is 0 Å². The molecule has 0 amide bonds. The Labute approximate surface area is 215 Å². The average molecular weight is 508 g/mol. The van der Waals surface area contributed by atoms with Gasteiger partial charge in [0.2, 0.25) is 0 Å². The molecule has 35 heavy (non-hydrogen) atoms. The van der Waals surface area contributed by atoms with Gasteiger partial charge in [-0.05, 0) is 59.6 Å². The Morgan fingerprint density at radius 1 is 0.829 bits per heavy atom. The minimum atomic E-state index is -0.272. The summed E-state index contributed by atoms with van der Waals surface area (Å²) >= 11 is 13.1. The molecule has 0 unspecified atom stereocenters. The molecule has 0 N–H and O–H groups in total. The van der Waals surface area contributed by atoms with Crippen LogP contribution in [0.3, 0.4) is 0 Å². The third kappa shape index (κ3) is 4.92. The smallest absolute Gasteiger partial charge is 0.174 e. The van der Waals surface area contributed by atoms with Crippen molar-refractivity contribution in [1.82, 2.24) is 25.1 Å². The van der Waals surface area contributed by atoms with E-state index in [2.05, 4.69) is 44.7 Å². The van der Waals surface area contributed by atoms with Gasteiger partial charge in [-0.15, -0.1) is 5.10 Å². The summed E-state index contributed by atoms with van der Waals surface area (Å²) in [5.74, 6) is 1.32. The summed E-state index contributed by atoms with van der Waals surface area (Å²) in [5, 5.41) is 14.3. The van der Waals surface area contributed by atoms with E-state index in [1.165, 1.54) is 6.42 Å². The van der Waals surface area contributed by atoms with Crippen LogP contribution in [0, 0.1) is 0 Å². The zero-order chi connectivity index (χ0) is 24.2. The maximum absolute atomic E-state index is 6.59. The second-order valence-corrected chi connectivity index (χ2v) is 9.56. The number of hydrogen-bond acceptors (Lipinski definition) is 5. The van der Waals surface area contributed by atoms with E-state index in [9.17, 15) is 0 Å². The molecule has 3 aromatic carbocycles. The largest absolute Gasteiger partial charge is 0.495 e. The average Bonchev–Trinajstić information content (AvgIpc) is 3.35. The van der Waals surface area contributed by atoms with Gasteiger partial charge in [-0.25, -0.2) is 4.68 Å². The number of benzene rings is 3. The number of hydrogen-bond donors (Lipinski definition) is 0. The van der Waals surface area contributed by atoms with Gasteiger partial charge in [-0.3, -0.25) is 4.90 Å². The number of likely N-dealkylation sites (tertiary alicyclic amines) is 1. The molecule has 6 nitrogen and oxygen atoms in total. The molecule has 1 aliphatic heterocycles. The van der Waals surface area contributed by atoms with Gasteiger partial charge in [0.1, 0.15) is 17.8 Å². The van der Waals surface area contributed by atoms with Gasteiger partial charge in [0.25, 0.3) is 0 Å². The second kappa shape index (κ2) is 10.8. The van der Waals surface area contributed by atoms with Crippen LogP contribution in [0.5, 0.6) is 5.75 Å². The second-order valence-electron chi connectivity index (χ2n) is 8.71. The van der Waals surface area contributed by atoms with Crippen LogP contribution in [-0.4, -0.2) is 45.3 Å². The van der Waals surface area contributed by atoms with Crippen LogP contribution >= 0.6 is 23.2 Å². The summed E-state index contributed by atoms with van der Waals surface area (Å²) in [7, 11) is 1.63. The maximum Gasteiger partial charge on any atom is 0.174 e. The zero-order valence-corrected chi connectivity index (χ0v) is 21.0. The topological polar surface area (TPSA) is 56.1 Å². The van der Waals surface area contributed by atoms with Crippen molar-refractivity contribution in [2.45, 2.75) is 31.3 Å². The Kier molecular flexibility index (Phi) is 7.32. The molecule has 1 saturated heterocycles. The van der Waals surface area contributed by atoms with E-state index >= 15 is 0 Å². The Bertz CT molecular complexity index is 1220. The monoisotopic (exact) mass is 507 g/mol. The van der Waals surface area contributed by atoms with Crippen LogP contribution in [0.4, 0.5) is 0 Å². The molecule has 0 radical (unpaired) electrons. The van der Waals surface area contributed by atoms with E-state index in [1.807, 2.05) is 47.1 Å². The fourth-order valence-electron chi connectivity index (χ4n) is 4.98. The molecule has 0 bridgehead atoms. The Balaban J connectivity index is 1.71. The van der Waals surface area contributed by atoms with Crippen molar-refractivity contribution in [2.24, 2.45) is 0 Å². The molecule has 2 heterocycles. The standard InChI is InChI=1S/C27H27Cl2N5O/c1-35-26-22(17-21(28)18-23(26)29)25(33-15-9-4-10-16-33)27-30-31-32-34(27)24(19-11-5-2-6-12-19)20-13-7-3-8-14-20/h2-3,5-8,11-14,17-18,24-25H,4,9-10,15-16H2,1H3/t25-/m0/s1. The lowest BCUT2D eigenvalue weighted by Crippen LogP contribution is -2.36. The number of halogens is 2. The number of tetrazole rings is 1. The highest BCUT2D eigenvalue weighted by molar-refractivity contribution is 6.35. The first-order valence-electron chi connectivity index (χ1n) is 11.8. The minimum Gasteiger partial charge on any atom is -0.495 e. The van der Waals surface area contributed by atoms with Crippen LogP contribution in [0.15, 0.2) is 72.8 Å². The summed E-state index contributed by atoms with van der Waals surface area (Å²) in [6, 6.07) is 23.8. The lowest BCUT2D eigenvalue weighted by atomic mass is 9.96. The van der Waals surface area contributed by atoms with E-state index in [1.54, 1.807) is 13.2 Å². The van der Waals surface area contributed by atoms with E-state index in [-0.39, 0.29) is 12.1 Å². The Morgan fingerprint density at radius 2 is 1.46 bits per heavy atom. The molecular weight excluding hydrogens is 481 g/mol. The summed E-state index contributed by atoms with van der Waals surface area (Å²) in [4.78, 5) is 2.41. The van der Waals surface area contributed by atoms with Crippen LogP contribution in [0.25, 0.3) is 0 Å². The van der Waals surface area contributed by atoms with Gasteiger partial charge in [0, 0.05) is 10.6 Å². The molecule has 1 atom stereocenters. The van der Waals surface area contributed by atoms with Crippen molar-refractivity contribution in [1.29, 1.82) is 0 Å². The van der Waals surface area contributed by atoms with Crippen LogP contribution in [0.2, 0.25) is 10.0 Å². The van der Waals surface area contributed by atoms with Gasteiger partial charge in [0.05, 0.1) is 12.1 Å². The molecule has 5 rings (SSSR count). The third-order valence-electron chi connectivity index (χ3n) is 6.53. The third-order valence-corrected chi connectivity index (χ3v) is 7.03. The van der Waals surface area contributed by atoms with Crippen molar-refractivity contribution in [3.8, 4) is 5.75 Å². The van der Waals surface area contributed by atoms with E-state index in [0.29, 0.717) is 15.8 Å². The lowest BCUT2D eigenvalue weighted by Gasteiger charge is -2.35. The molecule has 1 aromatic heterocycles. The highest BCUT2D eigenvalue weighted by atomic mass is 35.5. The van der Waals surface area contributed by atoms with Crippen molar-refractivity contribution >= 4 is 23.2 Å². The first-order valence-corrected chi connectivity index (χ1v) is 12.6. The number of nitrogens with zero attached hydrogens (tertiary/aromatic N) is 5. The number of aromatic nitrogens is 4. The number of piperidine rings is 1. The van der Waals surface area contributed by atoms with Gasteiger partial charge in [0.15, 0.2) is 5.82 Å². The quantitative estimate of drug-likeness (QED) is 0.298. The van der Waals surface area contributed by atoms with Gasteiger partial charge < -0.3 is 4.74 Å². The molecule has 0 saturated carbocycles. The molecule has 0 aliphatic carbocycles. The van der Waals surface area contributed by atoms with Crippen molar-refractivity contribution < 1.29 is 4.74 Å². The summed E-state index contributed by atoms with van der Waals surface area (Å²) in [5.41, 5.74) is 3.06. The minimum absolute atomic E-state index is 0.199. The van der Waals surface area contributed by atoms with Gasteiger partial charge in [-0.1, -0.05) is 90.3 Å². The van der Waals surface area contributed by atoms with Gasteiger partial charge in [-0.2, -0.15) is 0 Å². The van der Waals surface area contributed by atoms with Crippen LogP contribution < -0.4 is 4.74 Å². The van der Waals surface area contributed by atoms with Crippen molar-refractivity contribution in [3.63, 3.8) is 0 Å². The van der Waals surface area contributed by atoms with Crippen molar-refractivity contribution in [2.75, 3.05) is 20.2 Å². The van der Waals surface area contributed by atoms with Crippen molar-refractivity contribution in [3.05, 3.63) is 105 Å². The first-order chi connectivity index (χ1) is 17.2. The fourth-order valence-corrected chi connectivity index (χ4v) is 5.57. The Morgan fingerprint density at radius 3 is 2.06 bits per heavy atom. The van der Waals surface area contributed by atoms with E-state index in [0.717, 1.165) is 48.4 Å². The first kappa shape index (κ1) is 23.8. The summed E-state index contributed by atoms with van der Waals surface area (Å²) in [6.45, 7) is 1.85. The molecule has 1 aliphatic rings. The Hall–Kier alpha value is -2.93. The lowest BCUT2D eigenvalue weighted by molar-refractivity contribution is 0.174. The molecule has 180 valence electrons. The molecular formula is C27H27Cl2N5O. The van der Waals surface area contributed by atoms with Crippen LogP contribution in [-0.2, 0) is 0 Å². The van der Waals surface area contributed by atoms with E-state index in [4.69, 9.17) is 27.9 Å². The number of rotatable bonds is 7. The SMILES string of the molecule is COc1c(Cl)cc(Cl)cc1[C@@H](c1nnnn1C(c1ccccc1)c1ccccc1)N1CCCCC1. The number of ether oxygens (including phenoxy) is 1. The molecule has 0 spiro atoms. The fraction of sp³-hybridized carbons (Fsp3) is 0.296. The predicted octanol–water partition coefficient (Wildman–Crippen LogP) is 6.20. The summed E-state index contributed by atoms with van der Waals surface area (Å²) in [6.07, 6.45) is 3.42. The normalized spacial score (nSPS) is 15.3. The van der Waals surface area contributed by atoms with Crippen LogP contribution in [0.1, 0.15) is 53.9 Å². The summed E-state index contributed by atoms with van der Waals surface area (Å²) < 4.78 is 7.70.